The molecule has 1 amide bonds. The Morgan fingerprint density at radius 1 is 1.07 bits per heavy atom. The summed E-state index contributed by atoms with van der Waals surface area (Å²) in [6.45, 7) is 7.43. The lowest BCUT2D eigenvalue weighted by molar-refractivity contribution is -0.114. The first-order valence-electron chi connectivity index (χ1n) is 9.57. The summed E-state index contributed by atoms with van der Waals surface area (Å²) in [5.74, 6) is -0.147. The van der Waals surface area contributed by atoms with Crippen LogP contribution < -0.4 is 10.2 Å². The van der Waals surface area contributed by atoms with Crippen LogP contribution in [-0.4, -0.2) is 30.4 Å². The average molecular weight is 385 g/mol. The molecule has 0 unspecified atom stereocenters. The lowest BCUT2D eigenvalue weighted by Gasteiger charge is -2.22. The maximum atomic E-state index is 11.8. The lowest BCUT2D eigenvalue weighted by atomic mass is 9.93. The van der Waals surface area contributed by atoms with Gasteiger partial charge in [-0.3, -0.25) is 4.79 Å². The van der Waals surface area contributed by atoms with E-state index >= 15 is 0 Å². The number of amides is 1. The predicted molar refractivity (Wildman–Crippen MR) is 118 cm³/mol. The summed E-state index contributed by atoms with van der Waals surface area (Å²) in [5, 5.41) is 11.8. The molecule has 1 aliphatic carbocycles. The van der Waals surface area contributed by atoms with Gasteiger partial charge >= 0.3 is 0 Å². The highest BCUT2D eigenvalue weighted by Crippen LogP contribution is 2.32. The first kappa shape index (κ1) is 20.0. The zero-order valence-corrected chi connectivity index (χ0v) is 16.8. The van der Waals surface area contributed by atoms with E-state index in [9.17, 15) is 4.79 Å². The van der Waals surface area contributed by atoms with Crippen molar-refractivity contribution >= 4 is 34.4 Å². The number of nitriles is 1. The van der Waals surface area contributed by atoms with Crippen molar-refractivity contribution < 1.29 is 4.79 Å². The van der Waals surface area contributed by atoms with Gasteiger partial charge < -0.3 is 10.2 Å². The summed E-state index contributed by atoms with van der Waals surface area (Å²) in [5.41, 5.74) is 5.48. The van der Waals surface area contributed by atoms with Crippen LogP contribution in [0.4, 0.5) is 17.1 Å². The summed E-state index contributed by atoms with van der Waals surface area (Å²) in [7, 11) is 0. The van der Waals surface area contributed by atoms with Gasteiger partial charge in [0, 0.05) is 36.8 Å². The molecule has 3 rings (SSSR count). The third-order valence-electron chi connectivity index (χ3n) is 4.71. The van der Waals surface area contributed by atoms with Crippen LogP contribution in [0.5, 0.6) is 0 Å². The van der Waals surface area contributed by atoms with Crippen molar-refractivity contribution in [3.05, 3.63) is 65.7 Å². The second-order valence-corrected chi connectivity index (χ2v) is 6.53. The molecule has 0 atom stereocenters. The molecule has 0 saturated carbocycles. The Bertz CT molecular complexity index is 1060. The fourth-order valence-corrected chi connectivity index (χ4v) is 3.34. The zero-order valence-electron chi connectivity index (χ0n) is 16.8. The van der Waals surface area contributed by atoms with Gasteiger partial charge in [-0.15, -0.1) is 0 Å². The second-order valence-electron chi connectivity index (χ2n) is 6.53. The molecule has 0 saturated heterocycles. The van der Waals surface area contributed by atoms with E-state index in [0.717, 1.165) is 35.6 Å². The zero-order chi connectivity index (χ0) is 20.8. The number of carbonyl (C=O) groups excluding carboxylic acids is 1. The van der Waals surface area contributed by atoms with Crippen LogP contribution in [0.2, 0.25) is 0 Å². The van der Waals surface area contributed by atoms with Crippen molar-refractivity contribution in [2.75, 3.05) is 23.3 Å². The minimum absolute atomic E-state index is 0.147. The number of carbonyl (C=O) groups is 1. The van der Waals surface area contributed by atoms with E-state index in [4.69, 9.17) is 10.3 Å². The van der Waals surface area contributed by atoms with Crippen molar-refractivity contribution in [2.45, 2.75) is 20.8 Å². The number of fused-ring (bicyclic) bond motifs is 1. The van der Waals surface area contributed by atoms with E-state index in [2.05, 4.69) is 29.1 Å². The molecule has 0 aliphatic heterocycles. The van der Waals surface area contributed by atoms with Gasteiger partial charge in [0.15, 0.2) is 0 Å². The number of hydrogen-bond acceptors (Lipinski definition) is 5. The highest BCUT2D eigenvalue weighted by atomic mass is 16.1. The van der Waals surface area contributed by atoms with Gasteiger partial charge in [-0.05, 0) is 44.2 Å². The minimum Gasteiger partial charge on any atom is -0.372 e. The molecule has 146 valence electrons. The topological polar surface area (TPSA) is 80.8 Å². The Morgan fingerprint density at radius 2 is 1.72 bits per heavy atom. The predicted octanol–water partition coefficient (Wildman–Crippen LogP) is 4.45. The third-order valence-corrected chi connectivity index (χ3v) is 4.71. The van der Waals surface area contributed by atoms with E-state index in [-0.39, 0.29) is 5.91 Å². The molecule has 1 aliphatic rings. The quantitative estimate of drug-likeness (QED) is 0.772. The Kier molecular flexibility index (Phi) is 6.20. The Labute approximate surface area is 170 Å². The standard InChI is InChI=1S/C23H23N5O/c1-4-28(5-2)17-10-11-22(23(14-17)26-16(3)29)27-21-13-12-20(25-15-24)18-8-6-7-9-19(18)21/h6-14H,4-5H2,1-3H3,(H,26,29). The fraction of sp³-hybridized carbons (Fsp3) is 0.217. The molecule has 2 aromatic carbocycles. The summed E-state index contributed by atoms with van der Waals surface area (Å²) < 4.78 is 0. The number of allylic oxidation sites excluding steroid dienone is 2. The summed E-state index contributed by atoms with van der Waals surface area (Å²) >= 11 is 0. The van der Waals surface area contributed by atoms with Crippen LogP contribution in [0, 0.1) is 11.5 Å². The maximum Gasteiger partial charge on any atom is 0.221 e. The average Bonchev–Trinajstić information content (AvgIpc) is 2.72. The lowest BCUT2D eigenvalue weighted by Crippen LogP contribution is -2.22. The fourth-order valence-electron chi connectivity index (χ4n) is 3.34. The number of nitrogens with zero attached hydrogens (tertiary/aromatic N) is 4. The molecule has 0 spiro atoms. The highest BCUT2D eigenvalue weighted by Gasteiger charge is 2.17. The Balaban J connectivity index is 2.10. The van der Waals surface area contributed by atoms with Crippen LogP contribution in [-0.2, 0) is 4.79 Å². The van der Waals surface area contributed by atoms with Crippen molar-refractivity contribution in [3.63, 3.8) is 0 Å². The molecule has 0 aromatic heterocycles. The van der Waals surface area contributed by atoms with Crippen molar-refractivity contribution in [1.29, 1.82) is 5.26 Å². The molecule has 1 N–H and O–H groups in total. The van der Waals surface area contributed by atoms with Crippen LogP contribution in [0.25, 0.3) is 0 Å². The van der Waals surface area contributed by atoms with Crippen molar-refractivity contribution in [2.24, 2.45) is 9.98 Å². The van der Waals surface area contributed by atoms with E-state index in [1.165, 1.54) is 6.92 Å². The molecule has 2 aromatic rings. The summed E-state index contributed by atoms with van der Waals surface area (Å²) in [4.78, 5) is 22.7. The molecular formula is C23H23N5O. The minimum atomic E-state index is -0.147. The highest BCUT2D eigenvalue weighted by molar-refractivity contribution is 6.26. The monoisotopic (exact) mass is 385 g/mol. The third kappa shape index (κ3) is 4.41. The van der Waals surface area contributed by atoms with Crippen molar-refractivity contribution in [3.8, 4) is 6.19 Å². The van der Waals surface area contributed by atoms with Crippen LogP contribution in [0.1, 0.15) is 31.9 Å². The molecule has 6 nitrogen and oxygen atoms in total. The maximum absolute atomic E-state index is 11.8. The van der Waals surface area contributed by atoms with E-state index in [1.807, 2.05) is 54.7 Å². The Hall–Kier alpha value is -3.72. The largest absolute Gasteiger partial charge is 0.372 e. The number of rotatable bonds is 5. The molecule has 0 bridgehead atoms. The summed E-state index contributed by atoms with van der Waals surface area (Å²) in [6.07, 6.45) is 5.47. The van der Waals surface area contributed by atoms with E-state index < -0.39 is 0 Å². The number of anilines is 2. The smallest absolute Gasteiger partial charge is 0.221 e. The molecule has 6 heteroatoms. The molecular weight excluding hydrogens is 362 g/mol. The molecule has 0 radical (unpaired) electrons. The van der Waals surface area contributed by atoms with Crippen LogP contribution in [0.15, 0.2) is 64.6 Å². The van der Waals surface area contributed by atoms with Gasteiger partial charge in [0.25, 0.3) is 0 Å². The van der Waals surface area contributed by atoms with Crippen LogP contribution in [0.3, 0.4) is 0 Å². The molecule has 0 heterocycles. The number of aliphatic imine (C=N–C) groups is 2. The van der Waals surface area contributed by atoms with E-state index in [1.54, 1.807) is 6.08 Å². The van der Waals surface area contributed by atoms with Gasteiger partial charge in [-0.2, -0.15) is 10.3 Å². The van der Waals surface area contributed by atoms with Gasteiger partial charge in [0.1, 0.15) is 0 Å². The molecule has 0 fully saturated rings. The second kappa shape index (κ2) is 8.98. The summed E-state index contributed by atoms with van der Waals surface area (Å²) in [6, 6.07) is 13.6. The van der Waals surface area contributed by atoms with Gasteiger partial charge in [0.2, 0.25) is 12.1 Å². The normalized spacial score (nSPS) is 15.1. The van der Waals surface area contributed by atoms with Crippen molar-refractivity contribution in [1.82, 2.24) is 0 Å². The number of nitrogens with one attached hydrogen (secondary N) is 1. The first-order valence-corrected chi connectivity index (χ1v) is 9.57. The van der Waals surface area contributed by atoms with Crippen LogP contribution >= 0.6 is 0 Å². The first-order chi connectivity index (χ1) is 14.1. The SMILES string of the molecule is CCN(CC)c1ccc(N=C2C=CC(=NC#N)c3ccccc32)c(NC(C)=O)c1. The van der Waals surface area contributed by atoms with Gasteiger partial charge in [-0.25, -0.2) is 4.99 Å². The Morgan fingerprint density at radius 3 is 2.34 bits per heavy atom. The number of benzene rings is 2. The van der Waals surface area contributed by atoms with E-state index in [0.29, 0.717) is 17.1 Å². The van der Waals surface area contributed by atoms with Gasteiger partial charge in [-0.1, -0.05) is 24.3 Å². The number of hydrogen-bond donors (Lipinski definition) is 1. The molecule has 29 heavy (non-hydrogen) atoms. The van der Waals surface area contributed by atoms with Gasteiger partial charge in [0.05, 0.1) is 22.8 Å².